The third-order valence-corrected chi connectivity index (χ3v) is 14.9. The molecule has 0 aliphatic heterocycles. The Balaban J connectivity index is 1.87. The van der Waals surface area contributed by atoms with Gasteiger partial charge in [-0.15, -0.1) is 5.54 Å². The van der Waals surface area contributed by atoms with E-state index >= 15 is 0 Å². The summed E-state index contributed by atoms with van der Waals surface area (Å²) in [5.74, 6) is 4.74. The summed E-state index contributed by atoms with van der Waals surface area (Å²) in [5.41, 5.74) is 6.26. The number of fused-ring (bicyclic) bond motifs is 1. The van der Waals surface area contributed by atoms with Crippen molar-refractivity contribution in [2.24, 2.45) is 0 Å². The molecule has 37 heavy (non-hydrogen) atoms. The van der Waals surface area contributed by atoms with Gasteiger partial charge in [0.05, 0.1) is 5.39 Å². The quantitative estimate of drug-likeness (QED) is 0.222. The minimum atomic E-state index is -3.59. The van der Waals surface area contributed by atoms with Crippen LogP contribution in [0.5, 0.6) is 0 Å². The SMILES string of the molecule is CC(C)[Si](C#Cc1cc(Nc2nccn2C2CCCC2)nc2nc(S(C)(=O)=O)ncc12)(C(C)C)C(C)C. The van der Waals surface area contributed by atoms with Crippen molar-refractivity contribution in [3.05, 3.63) is 30.2 Å². The number of anilines is 2. The van der Waals surface area contributed by atoms with E-state index in [1.54, 1.807) is 6.20 Å². The van der Waals surface area contributed by atoms with Gasteiger partial charge >= 0.3 is 0 Å². The molecule has 3 aromatic heterocycles. The first-order valence-electron chi connectivity index (χ1n) is 13.1. The van der Waals surface area contributed by atoms with Crippen LogP contribution in [-0.2, 0) is 9.84 Å². The first-order chi connectivity index (χ1) is 17.4. The Bertz CT molecular complexity index is 1420. The molecule has 8 nitrogen and oxygen atoms in total. The summed E-state index contributed by atoms with van der Waals surface area (Å²) in [6, 6.07) is 2.32. The number of rotatable bonds is 7. The van der Waals surface area contributed by atoms with Crippen LogP contribution in [0.4, 0.5) is 11.8 Å². The van der Waals surface area contributed by atoms with Crippen LogP contribution >= 0.6 is 0 Å². The van der Waals surface area contributed by atoms with Crippen LogP contribution in [0.2, 0.25) is 16.6 Å². The van der Waals surface area contributed by atoms with Crippen molar-refractivity contribution in [2.75, 3.05) is 11.6 Å². The molecule has 4 rings (SSSR count). The number of aromatic nitrogens is 5. The number of nitrogens with one attached hydrogen (secondary N) is 1. The van der Waals surface area contributed by atoms with Crippen LogP contribution in [0.3, 0.4) is 0 Å². The van der Waals surface area contributed by atoms with Crippen molar-refractivity contribution in [1.82, 2.24) is 24.5 Å². The molecule has 198 valence electrons. The van der Waals surface area contributed by atoms with Crippen LogP contribution < -0.4 is 5.32 Å². The summed E-state index contributed by atoms with van der Waals surface area (Å²) in [6.45, 7) is 13.7. The van der Waals surface area contributed by atoms with Crippen molar-refractivity contribution in [3.8, 4) is 11.5 Å². The number of hydrogen-bond donors (Lipinski definition) is 1. The molecule has 0 saturated heterocycles. The molecular weight excluding hydrogens is 500 g/mol. The molecule has 0 spiro atoms. The van der Waals surface area contributed by atoms with Crippen molar-refractivity contribution in [3.63, 3.8) is 0 Å². The monoisotopic (exact) mass is 538 g/mol. The second-order valence-electron chi connectivity index (χ2n) is 11.1. The van der Waals surface area contributed by atoms with E-state index < -0.39 is 17.9 Å². The van der Waals surface area contributed by atoms with Gasteiger partial charge in [0.15, 0.2) is 5.65 Å². The minimum absolute atomic E-state index is 0.244. The Morgan fingerprint density at radius 2 is 1.68 bits per heavy atom. The Morgan fingerprint density at radius 1 is 1.03 bits per heavy atom. The summed E-state index contributed by atoms with van der Waals surface area (Å²) in [4.78, 5) is 17.6. The highest BCUT2D eigenvalue weighted by molar-refractivity contribution is 7.90. The smallest absolute Gasteiger partial charge is 0.248 e. The molecule has 3 aromatic rings. The Kier molecular flexibility index (Phi) is 7.77. The maximum Gasteiger partial charge on any atom is 0.248 e. The van der Waals surface area contributed by atoms with Gasteiger partial charge in [-0.05, 0) is 35.5 Å². The fraction of sp³-hybridized carbons (Fsp3) is 0.556. The molecule has 0 amide bonds. The zero-order valence-corrected chi connectivity index (χ0v) is 24.7. The molecule has 0 atom stereocenters. The standard InChI is InChI=1S/C27H38N6O2SSi/c1-18(2)37(19(3)4,20(5)6)15-12-21-16-24(30-25-23(21)17-29-27(32-25)36(7,34)35)31-26-28-13-14-33(26)22-10-8-9-11-22/h13-14,16-20,22H,8-11H2,1-7H3,(H,28,29,30,31,32). The van der Waals surface area contributed by atoms with E-state index in [1.807, 2.05) is 12.3 Å². The van der Waals surface area contributed by atoms with Gasteiger partial charge in [0.25, 0.3) is 0 Å². The van der Waals surface area contributed by atoms with E-state index in [0.717, 1.165) is 24.7 Å². The van der Waals surface area contributed by atoms with E-state index in [1.165, 1.54) is 19.0 Å². The lowest BCUT2D eigenvalue weighted by Gasteiger charge is -2.38. The Hall–Kier alpha value is -2.77. The molecule has 3 heterocycles. The van der Waals surface area contributed by atoms with Crippen molar-refractivity contribution >= 4 is 40.7 Å². The first-order valence-corrected chi connectivity index (χ1v) is 17.3. The molecule has 1 aliphatic carbocycles. The lowest BCUT2D eigenvalue weighted by atomic mass is 10.2. The fourth-order valence-electron chi connectivity index (χ4n) is 5.95. The number of pyridine rings is 1. The Morgan fingerprint density at radius 3 is 2.27 bits per heavy atom. The molecule has 1 fully saturated rings. The van der Waals surface area contributed by atoms with Gasteiger partial charge in [-0.25, -0.2) is 23.4 Å². The van der Waals surface area contributed by atoms with E-state index in [0.29, 0.717) is 45.5 Å². The Labute approximate surface area is 221 Å². The van der Waals surface area contributed by atoms with Gasteiger partial charge in [0, 0.05) is 36.5 Å². The van der Waals surface area contributed by atoms with Crippen LogP contribution in [-0.4, -0.2) is 47.3 Å². The number of nitrogens with zero attached hydrogens (tertiary/aromatic N) is 5. The van der Waals surface area contributed by atoms with E-state index in [4.69, 9.17) is 0 Å². The average molecular weight is 539 g/mol. The summed E-state index contributed by atoms with van der Waals surface area (Å²) < 4.78 is 26.5. The topological polar surface area (TPSA) is 103 Å². The number of sulfone groups is 1. The lowest BCUT2D eigenvalue weighted by molar-refractivity contribution is 0.524. The second kappa shape index (κ2) is 10.5. The molecule has 1 N–H and O–H groups in total. The van der Waals surface area contributed by atoms with Crippen LogP contribution in [0, 0.1) is 11.5 Å². The van der Waals surface area contributed by atoms with Crippen LogP contribution in [0.1, 0.15) is 78.8 Å². The van der Waals surface area contributed by atoms with E-state index in [9.17, 15) is 8.42 Å². The lowest BCUT2D eigenvalue weighted by Crippen LogP contribution is -2.43. The summed E-state index contributed by atoms with van der Waals surface area (Å²) in [7, 11) is -5.59. The summed E-state index contributed by atoms with van der Waals surface area (Å²) in [6.07, 6.45) is 11.1. The maximum absolute atomic E-state index is 12.2. The molecular formula is C27H38N6O2SSi. The van der Waals surface area contributed by atoms with Crippen molar-refractivity contribution in [1.29, 1.82) is 0 Å². The highest BCUT2D eigenvalue weighted by Crippen LogP contribution is 2.41. The zero-order chi connectivity index (χ0) is 27.0. The predicted molar refractivity (Wildman–Crippen MR) is 151 cm³/mol. The maximum atomic E-state index is 12.2. The highest BCUT2D eigenvalue weighted by atomic mass is 32.2. The van der Waals surface area contributed by atoms with E-state index in [2.05, 4.69) is 82.8 Å². The van der Waals surface area contributed by atoms with Crippen molar-refractivity contribution < 1.29 is 8.42 Å². The van der Waals surface area contributed by atoms with Gasteiger partial charge in [-0.2, -0.15) is 4.98 Å². The summed E-state index contributed by atoms with van der Waals surface area (Å²) in [5, 5.41) is 3.76. The summed E-state index contributed by atoms with van der Waals surface area (Å²) >= 11 is 0. The molecule has 10 heteroatoms. The second-order valence-corrected chi connectivity index (χ2v) is 18.6. The first kappa shape index (κ1) is 27.3. The predicted octanol–water partition coefficient (Wildman–Crippen LogP) is 6.05. The van der Waals surface area contributed by atoms with Gasteiger partial charge in [0.2, 0.25) is 20.9 Å². The van der Waals surface area contributed by atoms with Crippen LogP contribution in [0.15, 0.2) is 29.8 Å². The molecule has 0 radical (unpaired) electrons. The zero-order valence-electron chi connectivity index (χ0n) is 22.9. The van der Waals surface area contributed by atoms with Gasteiger partial charge in [-0.3, -0.25) is 0 Å². The molecule has 0 bridgehead atoms. The van der Waals surface area contributed by atoms with Gasteiger partial charge in [-0.1, -0.05) is 60.3 Å². The molecule has 1 aliphatic rings. The third kappa shape index (κ3) is 5.43. The molecule has 1 saturated carbocycles. The minimum Gasteiger partial charge on any atom is -0.314 e. The highest BCUT2D eigenvalue weighted by Gasteiger charge is 2.41. The van der Waals surface area contributed by atoms with Crippen molar-refractivity contribution in [2.45, 2.75) is 95.0 Å². The number of hydrogen-bond acceptors (Lipinski definition) is 7. The van der Waals surface area contributed by atoms with Crippen LogP contribution in [0.25, 0.3) is 11.0 Å². The molecule has 0 aromatic carbocycles. The largest absolute Gasteiger partial charge is 0.314 e. The molecule has 0 unspecified atom stereocenters. The third-order valence-electron chi connectivity index (χ3n) is 7.78. The number of imidazole rings is 1. The van der Waals surface area contributed by atoms with E-state index in [-0.39, 0.29) is 5.16 Å². The van der Waals surface area contributed by atoms with Gasteiger partial charge < -0.3 is 9.88 Å². The van der Waals surface area contributed by atoms with Gasteiger partial charge in [0.1, 0.15) is 13.9 Å². The average Bonchev–Trinajstić information content (AvgIpc) is 3.49. The fourth-order valence-corrected chi connectivity index (χ4v) is 11.7. The normalized spacial score (nSPS) is 15.1.